The summed E-state index contributed by atoms with van der Waals surface area (Å²) in [5, 5.41) is 0. The highest BCUT2D eigenvalue weighted by Crippen LogP contribution is 2.52. The molecule has 3 fully saturated rings. The Morgan fingerprint density at radius 3 is 2.21 bits per heavy atom. The second-order valence-corrected chi connectivity index (χ2v) is 12.0. The topological polar surface area (TPSA) is 79.4 Å². The highest BCUT2D eigenvalue weighted by Gasteiger charge is 2.57. The molecule has 1 saturated carbocycles. The summed E-state index contributed by atoms with van der Waals surface area (Å²) in [6, 6.07) is 15.9. The molecule has 38 heavy (non-hydrogen) atoms. The first-order valence-electron chi connectivity index (χ1n) is 13.6. The maximum Gasteiger partial charge on any atom is 0.410 e. The number of likely N-dealkylation sites (tertiary alicyclic amines) is 1. The molecule has 0 aromatic heterocycles. The van der Waals surface area contributed by atoms with Crippen LogP contribution in [0.25, 0.3) is 0 Å². The molecule has 1 atom stereocenters. The number of fused-ring (bicyclic) bond motifs is 2. The van der Waals surface area contributed by atoms with Crippen LogP contribution in [0.2, 0.25) is 0 Å². The fourth-order valence-corrected chi connectivity index (χ4v) is 6.12. The standard InChI is InChI=1S/C30H35N3O5/c1-28(2,3)38-27(36)32-18-16-31(17-19-32)22-10-8-21(9-11-22)29(12-13-29)26(35)33-15-14-30(20-33)24-7-5-4-6-23(24)25(34)37-30/h4-11H,12-20H2,1-3H3/t30-/m0/s1. The van der Waals surface area contributed by atoms with Crippen LogP contribution < -0.4 is 4.90 Å². The minimum absolute atomic E-state index is 0.133. The van der Waals surface area contributed by atoms with Crippen molar-refractivity contribution in [2.24, 2.45) is 0 Å². The lowest BCUT2D eigenvalue weighted by Gasteiger charge is -2.37. The number of anilines is 1. The molecule has 0 unspecified atom stereocenters. The molecule has 8 nitrogen and oxygen atoms in total. The summed E-state index contributed by atoms with van der Waals surface area (Å²) in [6.07, 6.45) is 2.03. The van der Waals surface area contributed by atoms with E-state index in [-0.39, 0.29) is 18.0 Å². The molecule has 0 radical (unpaired) electrons. The van der Waals surface area contributed by atoms with E-state index in [0.717, 1.165) is 42.7 Å². The Balaban J connectivity index is 1.10. The first kappa shape index (κ1) is 24.8. The predicted molar refractivity (Wildman–Crippen MR) is 142 cm³/mol. The third kappa shape index (κ3) is 4.20. The molecule has 2 amide bonds. The molecule has 2 aromatic rings. The molecule has 3 aliphatic heterocycles. The lowest BCUT2D eigenvalue weighted by molar-refractivity contribution is -0.134. The van der Waals surface area contributed by atoms with Crippen molar-refractivity contribution in [1.29, 1.82) is 0 Å². The maximum absolute atomic E-state index is 13.8. The molecule has 2 aromatic carbocycles. The fourth-order valence-electron chi connectivity index (χ4n) is 6.12. The molecule has 4 aliphatic rings. The van der Waals surface area contributed by atoms with Crippen LogP contribution in [0.5, 0.6) is 0 Å². The number of ether oxygens (including phenoxy) is 2. The maximum atomic E-state index is 13.8. The van der Waals surface area contributed by atoms with E-state index in [1.54, 1.807) is 11.0 Å². The van der Waals surface area contributed by atoms with Crippen molar-refractivity contribution in [3.05, 3.63) is 65.2 Å². The lowest BCUT2D eigenvalue weighted by Crippen LogP contribution is -2.50. The van der Waals surface area contributed by atoms with Gasteiger partial charge in [-0.3, -0.25) is 4.79 Å². The second kappa shape index (κ2) is 8.75. The van der Waals surface area contributed by atoms with Gasteiger partial charge in [0.05, 0.1) is 17.5 Å². The molecular weight excluding hydrogens is 482 g/mol. The zero-order valence-electron chi connectivity index (χ0n) is 22.4. The van der Waals surface area contributed by atoms with Gasteiger partial charge in [-0.25, -0.2) is 9.59 Å². The van der Waals surface area contributed by atoms with Crippen molar-refractivity contribution in [2.45, 2.75) is 56.7 Å². The molecule has 200 valence electrons. The van der Waals surface area contributed by atoms with Crippen LogP contribution in [0.4, 0.5) is 10.5 Å². The molecule has 1 spiro atoms. The Labute approximate surface area is 223 Å². The normalized spacial score (nSPS) is 23.9. The van der Waals surface area contributed by atoms with Crippen molar-refractivity contribution in [1.82, 2.24) is 9.80 Å². The Morgan fingerprint density at radius 1 is 0.868 bits per heavy atom. The predicted octanol–water partition coefficient (Wildman–Crippen LogP) is 4.07. The average molecular weight is 518 g/mol. The Hall–Kier alpha value is -3.55. The van der Waals surface area contributed by atoms with Gasteiger partial charge in [-0.15, -0.1) is 0 Å². The van der Waals surface area contributed by atoms with Gasteiger partial charge in [0.2, 0.25) is 5.91 Å². The molecule has 8 heteroatoms. The number of amides is 2. The number of carbonyl (C=O) groups excluding carboxylic acids is 3. The van der Waals surface area contributed by atoms with Crippen molar-refractivity contribution in [2.75, 3.05) is 44.2 Å². The van der Waals surface area contributed by atoms with Gasteiger partial charge in [0.1, 0.15) is 5.60 Å². The largest absolute Gasteiger partial charge is 0.449 e. The number of rotatable bonds is 3. The van der Waals surface area contributed by atoms with Crippen molar-refractivity contribution < 1.29 is 23.9 Å². The second-order valence-electron chi connectivity index (χ2n) is 12.0. The first-order valence-corrected chi connectivity index (χ1v) is 13.6. The lowest BCUT2D eigenvalue weighted by atomic mass is 9.91. The zero-order valence-corrected chi connectivity index (χ0v) is 22.4. The van der Waals surface area contributed by atoms with Crippen molar-refractivity contribution >= 4 is 23.7 Å². The number of carbonyl (C=O) groups is 3. The quantitative estimate of drug-likeness (QED) is 0.571. The van der Waals surface area contributed by atoms with Crippen LogP contribution in [0.3, 0.4) is 0 Å². The monoisotopic (exact) mass is 517 g/mol. The number of benzene rings is 2. The average Bonchev–Trinajstić information content (AvgIpc) is 3.53. The van der Waals surface area contributed by atoms with Crippen molar-refractivity contribution in [3.63, 3.8) is 0 Å². The van der Waals surface area contributed by atoms with Crippen LogP contribution in [0, 0.1) is 0 Å². The summed E-state index contributed by atoms with van der Waals surface area (Å²) in [5.74, 6) is -0.160. The molecule has 1 aliphatic carbocycles. The summed E-state index contributed by atoms with van der Waals surface area (Å²) < 4.78 is 11.4. The number of esters is 1. The number of hydrogen-bond acceptors (Lipinski definition) is 6. The molecule has 3 heterocycles. The van der Waals surface area contributed by atoms with E-state index in [0.29, 0.717) is 38.2 Å². The molecule has 0 bridgehead atoms. The summed E-state index contributed by atoms with van der Waals surface area (Å²) in [7, 11) is 0. The van der Waals surface area contributed by atoms with Gasteiger partial charge in [-0.1, -0.05) is 30.3 Å². The smallest absolute Gasteiger partial charge is 0.410 e. The van der Waals surface area contributed by atoms with Crippen LogP contribution in [0.15, 0.2) is 48.5 Å². The van der Waals surface area contributed by atoms with E-state index in [2.05, 4.69) is 29.2 Å². The van der Waals surface area contributed by atoms with Crippen LogP contribution >= 0.6 is 0 Å². The van der Waals surface area contributed by atoms with Gasteiger partial charge in [0.25, 0.3) is 0 Å². The van der Waals surface area contributed by atoms with Gasteiger partial charge in [0, 0.05) is 50.4 Å². The van der Waals surface area contributed by atoms with Crippen LogP contribution in [0.1, 0.15) is 61.5 Å². The summed E-state index contributed by atoms with van der Waals surface area (Å²) in [6.45, 7) is 9.34. The summed E-state index contributed by atoms with van der Waals surface area (Å²) >= 11 is 0. The Kier molecular flexibility index (Phi) is 5.70. The zero-order chi connectivity index (χ0) is 26.7. The van der Waals surface area contributed by atoms with Gasteiger partial charge in [-0.05, 0) is 57.4 Å². The Morgan fingerprint density at radius 2 is 1.55 bits per heavy atom. The highest BCUT2D eigenvalue weighted by atomic mass is 16.6. The van der Waals surface area contributed by atoms with E-state index in [4.69, 9.17) is 9.47 Å². The molecular formula is C30H35N3O5. The fraction of sp³-hybridized carbons (Fsp3) is 0.500. The number of hydrogen-bond donors (Lipinski definition) is 0. The van der Waals surface area contributed by atoms with Crippen molar-refractivity contribution in [3.8, 4) is 0 Å². The minimum Gasteiger partial charge on any atom is -0.449 e. The van der Waals surface area contributed by atoms with E-state index in [1.807, 2.05) is 43.9 Å². The molecule has 6 rings (SSSR count). The van der Waals surface area contributed by atoms with E-state index < -0.39 is 16.6 Å². The first-order chi connectivity index (χ1) is 18.1. The number of piperazine rings is 1. The summed E-state index contributed by atoms with van der Waals surface area (Å²) in [5.41, 5.74) is 1.96. The van der Waals surface area contributed by atoms with Gasteiger partial charge >= 0.3 is 12.1 Å². The summed E-state index contributed by atoms with van der Waals surface area (Å²) in [4.78, 5) is 44.5. The number of nitrogens with zero attached hydrogens (tertiary/aromatic N) is 3. The Bertz CT molecular complexity index is 1270. The van der Waals surface area contributed by atoms with Gasteiger partial charge in [0.15, 0.2) is 5.60 Å². The SMILES string of the molecule is CC(C)(C)OC(=O)N1CCN(c2ccc(C3(C(=O)N4CC[C@@]5(C4)OC(=O)c4ccccc45)CC3)cc2)CC1. The van der Waals surface area contributed by atoms with Gasteiger partial charge < -0.3 is 24.2 Å². The highest BCUT2D eigenvalue weighted by molar-refractivity contribution is 5.96. The van der Waals surface area contributed by atoms with E-state index >= 15 is 0 Å². The van der Waals surface area contributed by atoms with E-state index in [1.165, 1.54) is 0 Å². The molecule has 0 N–H and O–H groups in total. The third-order valence-electron chi connectivity index (χ3n) is 8.32. The van der Waals surface area contributed by atoms with Crippen LogP contribution in [-0.4, -0.2) is 72.6 Å². The van der Waals surface area contributed by atoms with Crippen LogP contribution in [-0.2, 0) is 25.3 Å². The van der Waals surface area contributed by atoms with Gasteiger partial charge in [-0.2, -0.15) is 0 Å². The minimum atomic E-state index is -0.718. The third-order valence-corrected chi connectivity index (χ3v) is 8.32. The van der Waals surface area contributed by atoms with E-state index in [9.17, 15) is 14.4 Å². The molecule has 2 saturated heterocycles.